The molecule has 4 rings (SSSR count). The molecule has 288 valence electrons. The largest absolute Gasteiger partial charge is 0.441 e. The van der Waals surface area contributed by atoms with Gasteiger partial charge in [0, 0.05) is 24.2 Å². The monoisotopic (exact) mass is 732 g/mol. The molecule has 2 unspecified atom stereocenters. The average molecular weight is 733 g/mol. The lowest BCUT2D eigenvalue weighted by atomic mass is 9.92. The maximum atomic E-state index is 12.9. The maximum absolute atomic E-state index is 12.9. The lowest BCUT2D eigenvalue weighted by molar-refractivity contribution is -0.114. The molecule has 1 amide bonds. The molecular formula is C42H58F2N6O3. The van der Waals surface area contributed by atoms with Gasteiger partial charge in [-0.15, -0.1) is 0 Å². The standard InChI is InChI=1S/C17H26N2.C16H25N3O3.C9H7F2N/c1-4-6-16(10-7-14(3)5-2)19-17-11-8-15(13-18)9-12-17;1-4-6-16(7-5-2)11-19(15(21)22-16)10-13-8-18-14(9-17-13)12(3)20;1-2-7-8(10)3-6(5-12)4-9(7)11/h8-9,11-12,14,16,19H,4-7,10H2,1-3H3;9,18H,4-8,10-11H2,1-3H3;3-4H,2H2,1H3. The van der Waals surface area contributed by atoms with Gasteiger partial charge in [0.25, 0.3) is 0 Å². The Morgan fingerprint density at radius 3 is 2.08 bits per heavy atom. The molecule has 11 heteroatoms. The van der Waals surface area contributed by atoms with Crippen LogP contribution >= 0.6 is 0 Å². The minimum Gasteiger partial charge on any atom is -0.441 e. The third kappa shape index (κ3) is 14.6. The van der Waals surface area contributed by atoms with Gasteiger partial charge in [-0.25, -0.2) is 13.6 Å². The fraction of sp³-hybridized carbons (Fsp3) is 0.548. The second-order valence-electron chi connectivity index (χ2n) is 13.8. The van der Waals surface area contributed by atoms with E-state index in [4.69, 9.17) is 15.3 Å². The smallest absolute Gasteiger partial charge is 0.410 e. The third-order valence-corrected chi connectivity index (χ3v) is 9.41. The molecule has 2 aromatic carbocycles. The lowest BCUT2D eigenvalue weighted by Crippen LogP contribution is -2.40. The number of allylic oxidation sites excluding steroid dienone is 1. The summed E-state index contributed by atoms with van der Waals surface area (Å²) in [6.45, 7) is 15.8. The Bertz CT molecular complexity index is 1600. The highest BCUT2D eigenvalue weighted by atomic mass is 19.1. The first-order valence-corrected chi connectivity index (χ1v) is 19.0. The van der Waals surface area contributed by atoms with Gasteiger partial charge in [-0.3, -0.25) is 14.7 Å². The van der Waals surface area contributed by atoms with Gasteiger partial charge in [-0.1, -0.05) is 67.2 Å². The number of Topliss-reactive ketones (excluding diaryl/α,β-unsaturated/α-hetero) is 1. The summed E-state index contributed by atoms with van der Waals surface area (Å²) in [5.74, 6) is -0.515. The van der Waals surface area contributed by atoms with Gasteiger partial charge in [0.15, 0.2) is 5.78 Å². The topological polar surface area (TPSA) is 131 Å². The number of amides is 1. The van der Waals surface area contributed by atoms with E-state index in [1.165, 1.54) is 45.2 Å². The molecule has 9 nitrogen and oxygen atoms in total. The van der Waals surface area contributed by atoms with Gasteiger partial charge >= 0.3 is 6.09 Å². The number of hydrogen-bond donors (Lipinski definition) is 2. The first kappa shape index (κ1) is 44.4. The number of cyclic esters (lactones) is 1. The summed E-state index contributed by atoms with van der Waals surface area (Å²) >= 11 is 0. The number of nitrogens with zero attached hydrogens (tertiary/aromatic N) is 4. The second-order valence-corrected chi connectivity index (χ2v) is 13.8. The van der Waals surface area contributed by atoms with Crippen molar-refractivity contribution in [2.75, 3.05) is 25.0 Å². The predicted octanol–water partition coefficient (Wildman–Crippen LogP) is 9.62. The summed E-state index contributed by atoms with van der Waals surface area (Å²) in [6.07, 6.45) is 11.5. The van der Waals surface area contributed by atoms with Crippen molar-refractivity contribution in [3.05, 3.63) is 76.6 Å². The van der Waals surface area contributed by atoms with Crippen LogP contribution in [0.25, 0.3) is 0 Å². The summed E-state index contributed by atoms with van der Waals surface area (Å²) < 4.78 is 31.5. The Kier molecular flexibility index (Phi) is 19.3. The zero-order valence-corrected chi connectivity index (χ0v) is 32.7. The molecule has 2 atom stereocenters. The van der Waals surface area contributed by atoms with Gasteiger partial charge < -0.3 is 15.4 Å². The Hall–Kier alpha value is -4.77. The van der Waals surface area contributed by atoms with Crippen LogP contribution in [0, 0.1) is 40.2 Å². The van der Waals surface area contributed by atoms with Crippen molar-refractivity contribution in [2.45, 2.75) is 124 Å². The summed E-state index contributed by atoms with van der Waals surface area (Å²) in [5, 5.41) is 23.8. The zero-order chi connectivity index (χ0) is 39.4. The van der Waals surface area contributed by atoms with E-state index in [1.807, 2.05) is 24.3 Å². The Morgan fingerprint density at radius 2 is 1.60 bits per heavy atom. The molecule has 2 aliphatic heterocycles. The quantitative estimate of drug-likeness (QED) is 0.176. The highest BCUT2D eigenvalue weighted by molar-refractivity contribution is 5.98. The minimum atomic E-state index is -0.644. The van der Waals surface area contributed by atoms with Crippen molar-refractivity contribution in [3.63, 3.8) is 0 Å². The van der Waals surface area contributed by atoms with Crippen molar-refractivity contribution in [2.24, 2.45) is 10.9 Å². The zero-order valence-electron chi connectivity index (χ0n) is 32.7. The van der Waals surface area contributed by atoms with Crippen LogP contribution in [0.15, 0.2) is 53.3 Å². The van der Waals surface area contributed by atoms with E-state index in [0.717, 1.165) is 60.7 Å². The molecular weight excluding hydrogens is 674 g/mol. The van der Waals surface area contributed by atoms with Crippen LogP contribution in [-0.2, 0) is 16.0 Å². The molecule has 0 radical (unpaired) electrons. The number of aliphatic imine (C=N–C) groups is 1. The van der Waals surface area contributed by atoms with Gasteiger partial charge in [0.05, 0.1) is 60.5 Å². The first-order valence-electron chi connectivity index (χ1n) is 19.0. The number of ketones is 1. The number of nitriles is 2. The number of carbonyl (C=O) groups is 2. The molecule has 2 heterocycles. The molecule has 2 aromatic rings. The number of anilines is 1. The van der Waals surface area contributed by atoms with Gasteiger partial charge in [-0.05, 0) is 80.8 Å². The molecule has 2 N–H and O–H groups in total. The van der Waals surface area contributed by atoms with E-state index < -0.39 is 11.6 Å². The molecule has 0 aromatic heterocycles. The van der Waals surface area contributed by atoms with Crippen molar-refractivity contribution in [1.82, 2.24) is 10.2 Å². The molecule has 0 spiro atoms. The summed E-state index contributed by atoms with van der Waals surface area (Å²) in [7, 11) is 0. The van der Waals surface area contributed by atoms with Crippen molar-refractivity contribution >= 4 is 23.3 Å². The molecule has 2 aliphatic rings. The normalized spacial score (nSPS) is 15.4. The van der Waals surface area contributed by atoms with E-state index in [-0.39, 0.29) is 28.6 Å². The molecule has 1 saturated heterocycles. The van der Waals surface area contributed by atoms with E-state index in [2.05, 4.69) is 56.3 Å². The molecule has 53 heavy (non-hydrogen) atoms. The highest BCUT2D eigenvalue weighted by Crippen LogP contribution is 2.32. The molecule has 1 fully saturated rings. The Morgan fingerprint density at radius 1 is 0.981 bits per heavy atom. The van der Waals surface area contributed by atoms with Crippen LogP contribution in [0.5, 0.6) is 0 Å². The van der Waals surface area contributed by atoms with Crippen LogP contribution in [0.4, 0.5) is 19.3 Å². The van der Waals surface area contributed by atoms with Crippen molar-refractivity contribution in [1.29, 1.82) is 10.5 Å². The van der Waals surface area contributed by atoms with Crippen LogP contribution in [0.2, 0.25) is 0 Å². The van der Waals surface area contributed by atoms with Crippen molar-refractivity contribution in [3.8, 4) is 12.1 Å². The summed E-state index contributed by atoms with van der Waals surface area (Å²) in [5.41, 5.74) is 2.91. The predicted molar refractivity (Wildman–Crippen MR) is 207 cm³/mol. The average Bonchev–Trinajstić information content (AvgIpc) is 3.44. The SMILES string of the molecule is CCCC(CCC(C)CC)Nc1ccc(C#N)cc1.CCCC1(CCC)CN(CC2=NC=C(C(C)=O)NC2)C(=O)O1.CCc1c(F)cc(C#N)cc1F. The highest BCUT2D eigenvalue weighted by Gasteiger charge is 2.44. The molecule has 0 saturated carbocycles. The fourth-order valence-electron chi connectivity index (χ4n) is 6.30. The van der Waals surface area contributed by atoms with E-state index in [9.17, 15) is 18.4 Å². The summed E-state index contributed by atoms with van der Waals surface area (Å²) in [4.78, 5) is 29.4. The minimum absolute atomic E-state index is 0.0159. The van der Waals surface area contributed by atoms with E-state index >= 15 is 0 Å². The molecule has 0 aliphatic carbocycles. The van der Waals surface area contributed by atoms with E-state index in [0.29, 0.717) is 37.8 Å². The third-order valence-electron chi connectivity index (χ3n) is 9.41. The van der Waals surface area contributed by atoms with Crippen LogP contribution in [0.3, 0.4) is 0 Å². The number of ether oxygens (including phenoxy) is 1. The van der Waals surface area contributed by atoms with Crippen LogP contribution < -0.4 is 10.6 Å². The fourth-order valence-corrected chi connectivity index (χ4v) is 6.30. The second kappa shape index (κ2) is 23.0. The Labute approximate surface area is 315 Å². The first-order chi connectivity index (χ1) is 25.4. The maximum Gasteiger partial charge on any atom is 0.410 e. The molecule has 0 bridgehead atoms. The van der Waals surface area contributed by atoms with Crippen LogP contribution in [0.1, 0.15) is 123 Å². The number of rotatable bonds is 16. The number of hydrogen-bond acceptors (Lipinski definition) is 8. The number of benzene rings is 2. The van der Waals surface area contributed by atoms with E-state index in [1.54, 1.807) is 17.9 Å². The van der Waals surface area contributed by atoms with Crippen molar-refractivity contribution < 1.29 is 23.1 Å². The van der Waals surface area contributed by atoms with Gasteiger partial charge in [-0.2, -0.15) is 10.5 Å². The Balaban J connectivity index is 0.000000287. The van der Waals surface area contributed by atoms with Crippen LogP contribution in [-0.4, -0.2) is 53.8 Å². The number of nitrogens with one attached hydrogen (secondary N) is 2. The van der Waals surface area contributed by atoms with Gasteiger partial charge in [0.1, 0.15) is 17.2 Å². The lowest BCUT2D eigenvalue weighted by Gasteiger charge is -2.26. The number of halogens is 2. The summed E-state index contributed by atoms with van der Waals surface area (Å²) in [6, 6.07) is 14.2. The van der Waals surface area contributed by atoms with Gasteiger partial charge in [0.2, 0.25) is 0 Å². The number of carbonyl (C=O) groups excluding carboxylic acids is 2.